The quantitative estimate of drug-likeness (QED) is 0.487. The SMILES string of the molecule is CSCC[C@H](NC(=O)c1ccc2n[nH]nc2c1)c1nc2ccccc2[nH]1. The lowest BCUT2D eigenvalue weighted by Gasteiger charge is -2.16. The Kier molecular flexibility index (Phi) is 4.57. The molecule has 26 heavy (non-hydrogen) atoms. The summed E-state index contributed by atoms with van der Waals surface area (Å²) in [6.45, 7) is 0. The smallest absolute Gasteiger partial charge is 0.251 e. The monoisotopic (exact) mass is 366 g/mol. The Morgan fingerprint density at radius 1 is 1.15 bits per heavy atom. The van der Waals surface area contributed by atoms with Crippen LogP contribution in [-0.2, 0) is 0 Å². The number of hydrogen-bond acceptors (Lipinski definition) is 5. The van der Waals surface area contributed by atoms with Gasteiger partial charge in [0.2, 0.25) is 0 Å². The molecule has 4 aromatic rings. The van der Waals surface area contributed by atoms with Crippen molar-refractivity contribution in [2.45, 2.75) is 12.5 Å². The third-order valence-corrected chi connectivity index (χ3v) is 4.88. The molecule has 2 aromatic carbocycles. The van der Waals surface area contributed by atoms with Crippen LogP contribution in [0.5, 0.6) is 0 Å². The highest BCUT2D eigenvalue weighted by Gasteiger charge is 2.19. The van der Waals surface area contributed by atoms with Crippen molar-refractivity contribution < 1.29 is 4.79 Å². The minimum Gasteiger partial charge on any atom is -0.342 e. The minimum absolute atomic E-state index is 0.151. The lowest BCUT2D eigenvalue weighted by Crippen LogP contribution is -2.29. The molecule has 0 aliphatic heterocycles. The van der Waals surface area contributed by atoms with Crippen molar-refractivity contribution in [3.8, 4) is 0 Å². The molecule has 0 saturated carbocycles. The van der Waals surface area contributed by atoms with Crippen molar-refractivity contribution in [1.82, 2.24) is 30.7 Å². The molecule has 0 aliphatic rings. The third kappa shape index (κ3) is 3.28. The number of aromatic amines is 2. The van der Waals surface area contributed by atoms with Crippen LogP contribution in [0.25, 0.3) is 22.1 Å². The van der Waals surface area contributed by atoms with Crippen molar-refractivity contribution in [2.24, 2.45) is 0 Å². The lowest BCUT2D eigenvalue weighted by molar-refractivity contribution is 0.0934. The van der Waals surface area contributed by atoms with Crippen molar-refractivity contribution in [1.29, 1.82) is 0 Å². The predicted octanol–water partition coefficient (Wildman–Crippen LogP) is 3.06. The molecule has 0 aliphatic carbocycles. The minimum atomic E-state index is -0.185. The summed E-state index contributed by atoms with van der Waals surface area (Å²) in [6.07, 6.45) is 2.84. The van der Waals surface area contributed by atoms with Gasteiger partial charge in [-0.3, -0.25) is 4.79 Å². The fourth-order valence-corrected chi connectivity index (χ4v) is 3.35. The Morgan fingerprint density at radius 2 is 2.00 bits per heavy atom. The molecular formula is C18H18N6OS. The number of carbonyl (C=O) groups is 1. The summed E-state index contributed by atoms with van der Waals surface area (Å²) in [5, 5.41) is 13.7. The predicted molar refractivity (Wildman–Crippen MR) is 103 cm³/mol. The molecule has 0 unspecified atom stereocenters. The van der Waals surface area contributed by atoms with E-state index in [-0.39, 0.29) is 11.9 Å². The maximum absolute atomic E-state index is 12.8. The van der Waals surface area contributed by atoms with Gasteiger partial charge in [0.05, 0.1) is 17.1 Å². The highest BCUT2D eigenvalue weighted by atomic mass is 32.2. The van der Waals surface area contributed by atoms with Crippen LogP contribution in [0.15, 0.2) is 42.5 Å². The van der Waals surface area contributed by atoms with E-state index in [2.05, 4.69) is 37.0 Å². The van der Waals surface area contributed by atoms with Gasteiger partial charge >= 0.3 is 0 Å². The number of benzene rings is 2. The first-order valence-corrected chi connectivity index (χ1v) is 9.69. The molecular weight excluding hydrogens is 348 g/mol. The van der Waals surface area contributed by atoms with E-state index in [1.165, 1.54) is 0 Å². The van der Waals surface area contributed by atoms with Gasteiger partial charge in [0.1, 0.15) is 16.9 Å². The molecule has 4 rings (SSSR count). The van der Waals surface area contributed by atoms with Crippen LogP contribution in [0.3, 0.4) is 0 Å². The zero-order chi connectivity index (χ0) is 17.9. The second-order valence-electron chi connectivity index (χ2n) is 5.97. The molecule has 7 nitrogen and oxygen atoms in total. The summed E-state index contributed by atoms with van der Waals surface area (Å²) in [7, 11) is 0. The number of fused-ring (bicyclic) bond motifs is 2. The molecule has 8 heteroatoms. The molecule has 2 heterocycles. The maximum atomic E-state index is 12.8. The van der Waals surface area contributed by atoms with Gasteiger partial charge in [-0.2, -0.15) is 27.2 Å². The molecule has 1 atom stereocenters. The van der Waals surface area contributed by atoms with Crippen LogP contribution in [-0.4, -0.2) is 43.3 Å². The molecule has 0 bridgehead atoms. The van der Waals surface area contributed by atoms with Crippen LogP contribution in [0, 0.1) is 0 Å². The van der Waals surface area contributed by atoms with E-state index in [1.807, 2.05) is 24.3 Å². The molecule has 0 fully saturated rings. The highest BCUT2D eigenvalue weighted by molar-refractivity contribution is 7.98. The van der Waals surface area contributed by atoms with Gasteiger partial charge < -0.3 is 10.3 Å². The first-order valence-electron chi connectivity index (χ1n) is 8.29. The molecule has 2 aromatic heterocycles. The number of aromatic nitrogens is 5. The zero-order valence-corrected chi connectivity index (χ0v) is 15.0. The number of amides is 1. The largest absolute Gasteiger partial charge is 0.342 e. The summed E-state index contributed by atoms with van der Waals surface area (Å²) in [5.74, 6) is 1.54. The standard InChI is InChI=1S/C18H18N6OS/c1-26-9-8-15(17-19-12-4-2-3-5-13(12)20-17)21-18(25)11-6-7-14-16(10-11)23-24-22-14/h2-7,10,15H,8-9H2,1H3,(H,19,20)(H,21,25)(H,22,23,24)/t15-/m0/s1. The number of thioether (sulfide) groups is 1. The molecule has 0 spiro atoms. The molecule has 132 valence electrons. The van der Waals surface area contributed by atoms with Gasteiger partial charge in [0.15, 0.2) is 0 Å². The van der Waals surface area contributed by atoms with Gasteiger partial charge in [0.25, 0.3) is 5.91 Å². The van der Waals surface area contributed by atoms with Crippen LogP contribution in [0.2, 0.25) is 0 Å². The van der Waals surface area contributed by atoms with Crippen LogP contribution < -0.4 is 5.32 Å². The number of imidazole rings is 1. The molecule has 3 N–H and O–H groups in total. The Hall–Kier alpha value is -2.87. The van der Waals surface area contributed by atoms with Crippen LogP contribution in [0.1, 0.15) is 28.6 Å². The number of carbonyl (C=O) groups excluding carboxylic acids is 1. The van der Waals surface area contributed by atoms with Gasteiger partial charge in [-0.1, -0.05) is 12.1 Å². The van der Waals surface area contributed by atoms with Gasteiger partial charge in [-0.25, -0.2) is 4.98 Å². The van der Waals surface area contributed by atoms with Crippen molar-refractivity contribution in [3.05, 3.63) is 53.9 Å². The number of H-pyrrole nitrogens is 2. The first-order chi connectivity index (χ1) is 12.7. The van der Waals surface area contributed by atoms with E-state index in [0.29, 0.717) is 11.1 Å². The Morgan fingerprint density at radius 3 is 2.85 bits per heavy atom. The average Bonchev–Trinajstić information content (AvgIpc) is 3.30. The Balaban J connectivity index is 1.60. The van der Waals surface area contributed by atoms with Gasteiger partial charge in [0, 0.05) is 5.56 Å². The Bertz CT molecular complexity index is 1020. The average molecular weight is 366 g/mol. The van der Waals surface area contributed by atoms with E-state index in [0.717, 1.165) is 34.5 Å². The molecule has 1 amide bonds. The van der Waals surface area contributed by atoms with Crippen molar-refractivity contribution in [2.75, 3.05) is 12.0 Å². The lowest BCUT2D eigenvalue weighted by atomic mass is 10.1. The number of hydrogen-bond donors (Lipinski definition) is 3. The summed E-state index contributed by atoms with van der Waals surface area (Å²) < 4.78 is 0. The van der Waals surface area contributed by atoms with E-state index in [4.69, 9.17) is 0 Å². The number of para-hydroxylation sites is 2. The fourth-order valence-electron chi connectivity index (χ4n) is 2.87. The van der Waals surface area contributed by atoms with E-state index in [9.17, 15) is 4.79 Å². The first kappa shape index (κ1) is 16.6. The Labute approximate surface area is 154 Å². The van der Waals surface area contributed by atoms with Crippen LogP contribution >= 0.6 is 11.8 Å². The number of nitrogens with zero attached hydrogens (tertiary/aromatic N) is 3. The van der Waals surface area contributed by atoms with Crippen LogP contribution in [0.4, 0.5) is 0 Å². The normalized spacial score (nSPS) is 12.5. The summed E-state index contributed by atoms with van der Waals surface area (Å²) >= 11 is 1.74. The summed E-state index contributed by atoms with van der Waals surface area (Å²) in [4.78, 5) is 20.7. The zero-order valence-electron chi connectivity index (χ0n) is 14.2. The van der Waals surface area contributed by atoms with Crippen molar-refractivity contribution in [3.63, 3.8) is 0 Å². The maximum Gasteiger partial charge on any atom is 0.251 e. The molecule has 0 radical (unpaired) electrons. The third-order valence-electron chi connectivity index (χ3n) is 4.23. The number of rotatable bonds is 6. The summed E-state index contributed by atoms with van der Waals surface area (Å²) in [5.41, 5.74) is 3.82. The van der Waals surface area contributed by atoms with E-state index >= 15 is 0 Å². The van der Waals surface area contributed by atoms with Crippen molar-refractivity contribution >= 4 is 39.7 Å². The molecule has 0 saturated heterocycles. The van der Waals surface area contributed by atoms with Gasteiger partial charge in [-0.15, -0.1) is 0 Å². The van der Waals surface area contributed by atoms with E-state index < -0.39 is 0 Å². The number of nitrogens with one attached hydrogen (secondary N) is 3. The van der Waals surface area contributed by atoms with Gasteiger partial charge in [-0.05, 0) is 48.8 Å². The second kappa shape index (κ2) is 7.17. The topological polar surface area (TPSA) is 99.3 Å². The van der Waals surface area contributed by atoms with E-state index in [1.54, 1.807) is 30.0 Å². The highest BCUT2D eigenvalue weighted by Crippen LogP contribution is 2.21. The second-order valence-corrected chi connectivity index (χ2v) is 6.96. The summed E-state index contributed by atoms with van der Waals surface area (Å²) in [6, 6.07) is 13.0. The fraction of sp³-hybridized carbons (Fsp3) is 0.222.